The maximum absolute atomic E-state index is 12.4. The van der Waals surface area contributed by atoms with Gasteiger partial charge in [0, 0.05) is 42.2 Å². The summed E-state index contributed by atoms with van der Waals surface area (Å²) < 4.78 is 32.7. The van der Waals surface area contributed by atoms with Crippen molar-refractivity contribution in [1.82, 2.24) is 24.5 Å². The van der Waals surface area contributed by atoms with E-state index in [4.69, 9.17) is 4.74 Å². The SMILES string of the molecule is CCn1cc(-n2ccc(=O)c(COc3ccc4ncc(-c5ccc(S(C)(=O)=O)cc5)cc4c3)n2)cn1. The molecule has 0 aliphatic rings. The molecule has 0 amide bonds. The van der Waals surface area contributed by atoms with Gasteiger partial charge in [0.2, 0.25) is 5.43 Å². The number of aromatic nitrogens is 5. The van der Waals surface area contributed by atoms with Crippen molar-refractivity contribution >= 4 is 20.7 Å². The Morgan fingerprint density at radius 2 is 1.78 bits per heavy atom. The Kier molecular flexibility index (Phi) is 6.11. The summed E-state index contributed by atoms with van der Waals surface area (Å²) in [7, 11) is -3.26. The molecular formula is C26H23N5O4S. The molecule has 0 saturated carbocycles. The monoisotopic (exact) mass is 501 g/mol. The van der Waals surface area contributed by atoms with Crippen LogP contribution in [0.25, 0.3) is 27.7 Å². The van der Waals surface area contributed by atoms with Gasteiger partial charge in [0.15, 0.2) is 9.84 Å². The van der Waals surface area contributed by atoms with E-state index in [1.807, 2.05) is 31.3 Å². The van der Waals surface area contributed by atoms with Gasteiger partial charge in [-0.3, -0.25) is 14.5 Å². The van der Waals surface area contributed by atoms with Crippen LogP contribution in [0.4, 0.5) is 0 Å². The molecule has 0 aliphatic carbocycles. The van der Waals surface area contributed by atoms with Crippen molar-refractivity contribution < 1.29 is 13.2 Å². The molecule has 0 saturated heterocycles. The van der Waals surface area contributed by atoms with Crippen molar-refractivity contribution in [3.63, 3.8) is 0 Å². The van der Waals surface area contributed by atoms with Crippen molar-refractivity contribution in [2.75, 3.05) is 6.26 Å². The van der Waals surface area contributed by atoms with E-state index in [0.717, 1.165) is 34.3 Å². The van der Waals surface area contributed by atoms with Gasteiger partial charge in [-0.1, -0.05) is 12.1 Å². The van der Waals surface area contributed by atoms with Gasteiger partial charge in [-0.25, -0.2) is 13.1 Å². The summed E-state index contributed by atoms with van der Waals surface area (Å²) in [5.74, 6) is 0.573. The predicted molar refractivity (Wildman–Crippen MR) is 136 cm³/mol. The largest absolute Gasteiger partial charge is 0.487 e. The van der Waals surface area contributed by atoms with Crippen LogP contribution in [0.1, 0.15) is 12.6 Å². The number of hydrogen-bond acceptors (Lipinski definition) is 7. The molecule has 0 bridgehead atoms. The zero-order valence-electron chi connectivity index (χ0n) is 19.7. The normalized spacial score (nSPS) is 11.6. The molecular weight excluding hydrogens is 478 g/mol. The molecule has 10 heteroatoms. The molecule has 0 unspecified atom stereocenters. The summed E-state index contributed by atoms with van der Waals surface area (Å²) in [5, 5.41) is 9.51. The lowest BCUT2D eigenvalue weighted by atomic mass is 10.1. The van der Waals surface area contributed by atoms with Crippen molar-refractivity contribution in [2.45, 2.75) is 25.0 Å². The van der Waals surface area contributed by atoms with Crippen LogP contribution in [0.2, 0.25) is 0 Å². The van der Waals surface area contributed by atoms with Crippen LogP contribution in [-0.4, -0.2) is 39.2 Å². The summed E-state index contributed by atoms with van der Waals surface area (Å²) in [5.41, 5.74) is 3.30. The Morgan fingerprint density at radius 3 is 2.50 bits per heavy atom. The Bertz CT molecular complexity index is 1720. The van der Waals surface area contributed by atoms with Crippen LogP contribution in [0.15, 0.2) is 89.1 Å². The third-order valence-corrected chi connectivity index (χ3v) is 6.86. The number of ether oxygens (including phenoxy) is 1. The fourth-order valence-electron chi connectivity index (χ4n) is 3.74. The highest BCUT2D eigenvalue weighted by molar-refractivity contribution is 7.90. The fourth-order valence-corrected chi connectivity index (χ4v) is 4.37. The molecule has 2 aromatic carbocycles. The first kappa shape index (κ1) is 23.4. The quantitative estimate of drug-likeness (QED) is 0.335. The van der Waals surface area contributed by atoms with Crippen LogP contribution < -0.4 is 10.2 Å². The van der Waals surface area contributed by atoms with E-state index in [2.05, 4.69) is 15.2 Å². The highest BCUT2D eigenvalue weighted by atomic mass is 32.2. The van der Waals surface area contributed by atoms with Gasteiger partial charge in [0.1, 0.15) is 23.7 Å². The molecule has 5 rings (SSSR count). The van der Waals surface area contributed by atoms with Crippen molar-refractivity contribution in [3.05, 3.63) is 95.3 Å². The second-order valence-electron chi connectivity index (χ2n) is 8.29. The molecule has 0 atom stereocenters. The third-order valence-electron chi connectivity index (χ3n) is 5.73. The van der Waals surface area contributed by atoms with E-state index in [0.29, 0.717) is 5.75 Å². The maximum Gasteiger partial charge on any atom is 0.206 e. The Labute approximate surface area is 207 Å². The number of pyridine rings is 1. The molecule has 0 aliphatic heterocycles. The molecule has 9 nitrogen and oxygen atoms in total. The standard InChI is InChI=1S/C26H23N5O4S/c1-3-30-16-21(15-28-30)31-11-10-26(32)25(29-31)17-35-22-6-9-24-19(13-22)12-20(14-27-24)18-4-7-23(8-5-18)36(2,33)34/h4-16H,3,17H2,1-2H3. The topological polar surface area (TPSA) is 109 Å². The molecule has 3 heterocycles. The summed E-state index contributed by atoms with van der Waals surface area (Å²) in [6.07, 6.45) is 8.07. The average Bonchev–Trinajstić information content (AvgIpc) is 3.37. The van der Waals surface area contributed by atoms with Crippen molar-refractivity contribution in [3.8, 4) is 22.6 Å². The van der Waals surface area contributed by atoms with Gasteiger partial charge in [-0.2, -0.15) is 10.2 Å². The zero-order valence-corrected chi connectivity index (χ0v) is 20.5. The van der Waals surface area contributed by atoms with Crippen LogP contribution in [0, 0.1) is 0 Å². The fraction of sp³-hybridized carbons (Fsp3) is 0.154. The Morgan fingerprint density at radius 1 is 0.972 bits per heavy atom. The highest BCUT2D eigenvalue weighted by Gasteiger charge is 2.10. The maximum atomic E-state index is 12.4. The van der Waals surface area contributed by atoms with Gasteiger partial charge < -0.3 is 4.74 Å². The average molecular weight is 502 g/mol. The van der Waals surface area contributed by atoms with Crippen LogP contribution in [-0.2, 0) is 23.0 Å². The van der Waals surface area contributed by atoms with E-state index in [-0.39, 0.29) is 22.6 Å². The van der Waals surface area contributed by atoms with E-state index in [1.165, 1.54) is 12.3 Å². The highest BCUT2D eigenvalue weighted by Crippen LogP contribution is 2.26. The van der Waals surface area contributed by atoms with Gasteiger partial charge in [0.25, 0.3) is 0 Å². The van der Waals surface area contributed by atoms with Crippen LogP contribution in [0.3, 0.4) is 0 Å². The van der Waals surface area contributed by atoms with E-state index >= 15 is 0 Å². The molecule has 0 N–H and O–H groups in total. The van der Waals surface area contributed by atoms with Gasteiger partial charge in [0.05, 0.1) is 22.8 Å². The molecule has 0 radical (unpaired) electrons. The minimum absolute atomic E-state index is 0.00711. The number of hydrogen-bond donors (Lipinski definition) is 0. The molecule has 0 spiro atoms. The zero-order chi connectivity index (χ0) is 25.3. The molecule has 5 aromatic rings. The van der Waals surface area contributed by atoms with Crippen molar-refractivity contribution in [2.24, 2.45) is 0 Å². The Hall–Kier alpha value is -4.31. The summed E-state index contributed by atoms with van der Waals surface area (Å²) in [6, 6.07) is 15.6. The summed E-state index contributed by atoms with van der Waals surface area (Å²) >= 11 is 0. The summed E-state index contributed by atoms with van der Waals surface area (Å²) in [4.78, 5) is 17.1. The lowest BCUT2D eigenvalue weighted by molar-refractivity contribution is 0.298. The lowest BCUT2D eigenvalue weighted by Crippen LogP contribution is -2.17. The second kappa shape index (κ2) is 9.38. The minimum atomic E-state index is -3.26. The number of aryl methyl sites for hydroxylation is 1. The minimum Gasteiger partial charge on any atom is -0.487 e. The number of nitrogens with zero attached hydrogens (tertiary/aromatic N) is 5. The van der Waals surface area contributed by atoms with Crippen molar-refractivity contribution in [1.29, 1.82) is 0 Å². The number of fused-ring (bicyclic) bond motifs is 1. The lowest BCUT2D eigenvalue weighted by Gasteiger charge is -2.09. The third kappa shape index (κ3) is 4.89. The molecule has 3 aromatic heterocycles. The number of benzene rings is 2. The number of sulfone groups is 1. The Balaban J connectivity index is 1.37. The molecule has 182 valence electrons. The van der Waals surface area contributed by atoms with E-state index in [9.17, 15) is 13.2 Å². The molecule has 0 fully saturated rings. The van der Waals surface area contributed by atoms with E-state index in [1.54, 1.807) is 58.3 Å². The van der Waals surface area contributed by atoms with E-state index < -0.39 is 9.84 Å². The second-order valence-corrected chi connectivity index (χ2v) is 10.3. The van der Waals surface area contributed by atoms with Gasteiger partial charge in [-0.05, 0) is 48.9 Å². The number of rotatable bonds is 7. The van der Waals surface area contributed by atoms with Crippen LogP contribution in [0.5, 0.6) is 5.75 Å². The van der Waals surface area contributed by atoms with Gasteiger partial charge in [-0.15, -0.1) is 0 Å². The van der Waals surface area contributed by atoms with Crippen LogP contribution >= 0.6 is 0 Å². The van der Waals surface area contributed by atoms with Gasteiger partial charge >= 0.3 is 0 Å². The molecule has 36 heavy (non-hydrogen) atoms. The first-order valence-corrected chi connectivity index (χ1v) is 13.1. The smallest absolute Gasteiger partial charge is 0.206 e. The summed E-state index contributed by atoms with van der Waals surface area (Å²) in [6.45, 7) is 2.74. The first-order chi connectivity index (χ1) is 17.3. The first-order valence-electron chi connectivity index (χ1n) is 11.2. The predicted octanol–water partition coefficient (Wildman–Crippen LogP) is 3.65.